The Hall–Kier alpha value is -3.56. The second-order valence-corrected chi connectivity index (χ2v) is 9.47. The molecule has 0 spiro atoms. The summed E-state index contributed by atoms with van der Waals surface area (Å²) in [6.45, 7) is 4.64. The smallest absolute Gasteiger partial charge is 0.262 e. The van der Waals surface area contributed by atoms with Crippen LogP contribution in [0.25, 0.3) is 10.8 Å². The molecular weight excluding hydrogens is 446 g/mol. The van der Waals surface area contributed by atoms with Gasteiger partial charge in [-0.25, -0.2) is 15.0 Å². The van der Waals surface area contributed by atoms with Gasteiger partial charge in [-0.15, -0.1) is 11.3 Å². The van der Waals surface area contributed by atoms with E-state index in [4.69, 9.17) is 5.73 Å². The third-order valence-electron chi connectivity index (χ3n) is 6.29. The molecule has 0 bridgehead atoms. The number of nitrogens with zero attached hydrogens (tertiary/aromatic N) is 5. The molecule has 3 aromatic heterocycles. The van der Waals surface area contributed by atoms with E-state index in [9.17, 15) is 4.79 Å². The van der Waals surface area contributed by atoms with Gasteiger partial charge in [-0.2, -0.15) is 0 Å². The minimum absolute atomic E-state index is 0.0416. The standard InChI is InChI=1S/C25H27N7OS/c1-17-15-31(10-11-32(17)22-7-8-27-16-29-22)23(30-25(33)21-3-2-12-34-21)14-18-4-5-20-19(13-18)6-9-28-24(20)26/h2-9,12-13,16-17,23H,10-11,14-15H2,1H3,(H2,26,28)(H,30,33). The number of piperazine rings is 1. The molecule has 174 valence electrons. The van der Waals surface area contributed by atoms with Crippen LogP contribution in [0.15, 0.2) is 66.6 Å². The summed E-state index contributed by atoms with van der Waals surface area (Å²) in [6, 6.07) is 14.1. The predicted molar refractivity (Wildman–Crippen MR) is 136 cm³/mol. The second-order valence-electron chi connectivity index (χ2n) is 8.53. The van der Waals surface area contributed by atoms with E-state index in [-0.39, 0.29) is 18.1 Å². The number of nitrogens with one attached hydrogen (secondary N) is 1. The average Bonchev–Trinajstić information content (AvgIpc) is 3.40. The second kappa shape index (κ2) is 9.74. The molecule has 1 aromatic carbocycles. The largest absolute Gasteiger partial charge is 0.383 e. The molecule has 0 radical (unpaired) electrons. The number of amides is 1. The van der Waals surface area contributed by atoms with Gasteiger partial charge in [-0.3, -0.25) is 9.69 Å². The Morgan fingerprint density at radius 2 is 2.12 bits per heavy atom. The fourth-order valence-corrected chi connectivity index (χ4v) is 5.19. The van der Waals surface area contributed by atoms with E-state index in [0.717, 1.165) is 46.7 Å². The molecule has 1 fully saturated rings. The van der Waals surface area contributed by atoms with Gasteiger partial charge >= 0.3 is 0 Å². The van der Waals surface area contributed by atoms with Gasteiger partial charge in [0, 0.05) is 49.9 Å². The van der Waals surface area contributed by atoms with Crippen molar-refractivity contribution in [3.8, 4) is 0 Å². The summed E-state index contributed by atoms with van der Waals surface area (Å²) in [5, 5.41) is 7.21. The van der Waals surface area contributed by atoms with Crippen molar-refractivity contribution < 1.29 is 4.79 Å². The molecule has 1 aliphatic rings. The summed E-state index contributed by atoms with van der Waals surface area (Å²) in [7, 11) is 0. The molecule has 34 heavy (non-hydrogen) atoms. The van der Waals surface area contributed by atoms with Gasteiger partial charge in [-0.1, -0.05) is 24.3 Å². The van der Waals surface area contributed by atoms with Crippen molar-refractivity contribution in [1.29, 1.82) is 0 Å². The zero-order valence-electron chi connectivity index (χ0n) is 19.0. The maximum atomic E-state index is 13.0. The Morgan fingerprint density at radius 1 is 1.21 bits per heavy atom. The van der Waals surface area contributed by atoms with Crippen LogP contribution in [-0.2, 0) is 6.42 Å². The predicted octanol–water partition coefficient (Wildman–Crippen LogP) is 3.18. The summed E-state index contributed by atoms with van der Waals surface area (Å²) in [6.07, 6.45) is 5.64. The highest BCUT2D eigenvalue weighted by molar-refractivity contribution is 7.12. The first-order valence-electron chi connectivity index (χ1n) is 11.3. The van der Waals surface area contributed by atoms with Gasteiger partial charge in [0.15, 0.2) is 0 Å². The van der Waals surface area contributed by atoms with E-state index < -0.39 is 0 Å². The van der Waals surface area contributed by atoms with E-state index in [0.29, 0.717) is 12.2 Å². The van der Waals surface area contributed by atoms with Crippen LogP contribution in [0.3, 0.4) is 0 Å². The summed E-state index contributed by atoms with van der Waals surface area (Å²) in [5.41, 5.74) is 7.17. The maximum Gasteiger partial charge on any atom is 0.262 e. The Labute approximate surface area is 202 Å². The number of hydrogen-bond acceptors (Lipinski definition) is 8. The quantitative estimate of drug-likeness (QED) is 0.444. The molecule has 1 saturated heterocycles. The lowest BCUT2D eigenvalue weighted by Crippen LogP contribution is -2.59. The van der Waals surface area contributed by atoms with Crippen molar-refractivity contribution in [1.82, 2.24) is 25.2 Å². The van der Waals surface area contributed by atoms with E-state index in [2.05, 4.69) is 49.1 Å². The fourth-order valence-electron chi connectivity index (χ4n) is 4.57. The van der Waals surface area contributed by atoms with Crippen LogP contribution in [-0.4, -0.2) is 57.6 Å². The molecule has 2 atom stereocenters. The first-order valence-corrected chi connectivity index (χ1v) is 12.2. The van der Waals surface area contributed by atoms with Crippen LogP contribution in [0.4, 0.5) is 11.6 Å². The summed E-state index contributed by atoms with van der Waals surface area (Å²) < 4.78 is 0. The Balaban J connectivity index is 1.38. The maximum absolute atomic E-state index is 13.0. The fraction of sp³-hybridized carbons (Fsp3) is 0.280. The van der Waals surface area contributed by atoms with Gasteiger partial charge in [0.1, 0.15) is 18.0 Å². The lowest BCUT2D eigenvalue weighted by atomic mass is 10.0. The molecule has 1 aliphatic heterocycles. The van der Waals surface area contributed by atoms with Gasteiger partial charge < -0.3 is 16.0 Å². The number of anilines is 2. The van der Waals surface area contributed by atoms with Gasteiger partial charge in [0.2, 0.25) is 0 Å². The molecule has 0 aliphatic carbocycles. The minimum atomic E-state index is -0.138. The van der Waals surface area contributed by atoms with Gasteiger partial charge in [-0.05, 0) is 41.5 Å². The van der Waals surface area contributed by atoms with Crippen molar-refractivity contribution in [2.45, 2.75) is 25.6 Å². The zero-order valence-corrected chi connectivity index (χ0v) is 19.8. The van der Waals surface area contributed by atoms with Crippen molar-refractivity contribution >= 4 is 39.7 Å². The Morgan fingerprint density at radius 3 is 2.88 bits per heavy atom. The van der Waals surface area contributed by atoms with Crippen molar-refractivity contribution in [2.24, 2.45) is 0 Å². The highest BCUT2D eigenvalue weighted by Gasteiger charge is 2.30. The first-order chi connectivity index (χ1) is 16.6. The number of rotatable bonds is 6. The molecule has 3 N–H and O–H groups in total. The van der Waals surface area contributed by atoms with Crippen molar-refractivity contribution in [2.75, 3.05) is 30.3 Å². The van der Waals surface area contributed by atoms with Gasteiger partial charge in [0.05, 0.1) is 11.0 Å². The number of aromatic nitrogens is 3. The monoisotopic (exact) mass is 473 g/mol. The lowest BCUT2D eigenvalue weighted by molar-refractivity contribution is 0.0820. The van der Waals surface area contributed by atoms with Gasteiger partial charge in [0.25, 0.3) is 5.91 Å². The topological polar surface area (TPSA) is 100 Å². The Bertz CT molecular complexity index is 1270. The van der Waals surface area contributed by atoms with E-state index in [1.807, 2.05) is 35.7 Å². The van der Waals surface area contributed by atoms with Crippen LogP contribution >= 0.6 is 11.3 Å². The molecular formula is C25H27N7OS. The number of fused-ring (bicyclic) bond motifs is 1. The molecule has 4 aromatic rings. The highest BCUT2D eigenvalue weighted by Crippen LogP contribution is 2.23. The first kappa shape index (κ1) is 22.2. The number of nitrogen functional groups attached to an aromatic ring is 1. The molecule has 4 heterocycles. The normalized spacial score (nSPS) is 17.6. The molecule has 5 rings (SSSR count). The number of thiophene rings is 1. The van der Waals surface area contributed by atoms with Crippen LogP contribution < -0.4 is 16.0 Å². The number of hydrogen-bond donors (Lipinski definition) is 2. The average molecular weight is 474 g/mol. The summed E-state index contributed by atoms with van der Waals surface area (Å²) in [5.74, 6) is 1.42. The number of carbonyl (C=O) groups is 1. The van der Waals surface area contributed by atoms with Crippen molar-refractivity contribution in [3.05, 3.63) is 77.0 Å². The van der Waals surface area contributed by atoms with E-state index >= 15 is 0 Å². The van der Waals surface area contributed by atoms with Crippen LogP contribution in [0.5, 0.6) is 0 Å². The molecule has 8 nitrogen and oxygen atoms in total. The van der Waals surface area contributed by atoms with Crippen molar-refractivity contribution in [3.63, 3.8) is 0 Å². The zero-order chi connectivity index (χ0) is 23.5. The summed E-state index contributed by atoms with van der Waals surface area (Å²) in [4.78, 5) is 31.0. The molecule has 0 saturated carbocycles. The number of benzene rings is 1. The van der Waals surface area contributed by atoms with E-state index in [1.54, 1.807) is 18.7 Å². The minimum Gasteiger partial charge on any atom is -0.383 e. The third kappa shape index (κ3) is 4.71. The highest BCUT2D eigenvalue weighted by atomic mass is 32.1. The van der Waals surface area contributed by atoms with E-state index in [1.165, 1.54) is 11.3 Å². The number of nitrogens with two attached hydrogens (primary N) is 1. The summed E-state index contributed by atoms with van der Waals surface area (Å²) >= 11 is 1.45. The molecule has 2 unspecified atom stereocenters. The SMILES string of the molecule is CC1CN(C(Cc2ccc3c(N)nccc3c2)NC(=O)c2cccs2)CCN1c1ccncn1. The number of pyridine rings is 1. The third-order valence-corrected chi connectivity index (χ3v) is 7.16. The lowest BCUT2D eigenvalue weighted by Gasteiger charge is -2.44. The molecule has 1 amide bonds. The van der Waals surface area contributed by atoms with Crippen LogP contribution in [0.2, 0.25) is 0 Å². The van der Waals surface area contributed by atoms with Crippen LogP contribution in [0.1, 0.15) is 22.2 Å². The van der Waals surface area contributed by atoms with Crippen LogP contribution in [0, 0.1) is 0 Å². The number of carbonyl (C=O) groups excluding carboxylic acids is 1. The molecule has 9 heteroatoms. The Kier molecular flexibility index (Phi) is 6.37.